The molecule has 0 bridgehead atoms. The smallest absolute Gasteiger partial charge is 0.342 e. The summed E-state index contributed by atoms with van der Waals surface area (Å²) in [5.41, 5.74) is 0.506. The summed E-state index contributed by atoms with van der Waals surface area (Å²) in [5, 5.41) is 27.6. The minimum atomic E-state index is -0.441. The number of hydrogen-bond donors (Lipinski definition) is 3. The van der Waals surface area contributed by atoms with Crippen molar-refractivity contribution in [2.24, 2.45) is 0 Å². The molecule has 2 rings (SSSR count). The van der Waals surface area contributed by atoms with Crippen molar-refractivity contribution >= 4 is 5.97 Å². The molecule has 0 unspecified atom stereocenters. The molecule has 8 nitrogen and oxygen atoms in total. The van der Waals surface area contributed by atoms with E-state index in [0.717, 1.165) is 32.7 Å². The molecule has 0 spiro atoms. The number of benzene rings is 1. The number of nitrogens with zero attached hydrogens (tertiary/aromatic N) is 2. The summed E-state index contributed by atoms with van der Waals surface area (Å²) in [7, 11) is 0. The Kier molecular flexibility index (Phi) is 16.2. The van der Waals surface area contributed by atoms with Gasteiger partial charge in [0.1, 0.15) is 18.1 Å². The van der Waals surface area contributed by atoms with E-state index in [1.54, 1.807) is 0 Å². The van der Waals surface area contributed by atoms with Gasteiger partial charge in [0.25, 0.3) is 0 Å². The van der Waals surface area contributed by atoms with E-state index in [1.807, 2.05) is 0 Å². The molecule has 1 fully saturated rings. The third kappa shape index (κ3) is 11.6. The third-order valence-corrected chi connectivity index (χ3v) is 4.08. The number of aliphatic hydroxyl groups is 1. The van der Waals surface area contributed by atoms with Gasteiger partial charge in [0, 0.05) is 122 Å². The van der Waals surface area contributed by atoms with Gasteiger partial charge in [-0.3, -0.25) is 9.79 Å². The summed E-state index contributed by atoms with van der Waals surface area (Å²) < 4.78 is 0. The maximum absolute atomic E-state index is 11.6. The number of β-amino-alcohol motifs (C(OH)–C–C–N with tert-alkyl or cyclic N) is 1. The number of phenols is 2. The average molecular weight is 635 g/mol. The van der Waals surface area contributed by atoms with E-state index in [-0.39, 0.29) is 115 Å². The van der Waals surface area contributed by atoms with Crippen LogP contribution in [0.4, 0.5) is 0 Å². The van der Waals surface area contributed by atoms with Crippen LogP contribution >= 0.6 is 0 Å². The molecule has 3 N–H and O–H groups in total. The second-order valence-electron chi connectivity index (χ2n) is 6.09. The Balaban J connectivity index is 0.00000338. The number of aliphatic hydroxyl groups excluding tert-OH is 1. The van der Waals surface area contributed by atoms with Crippen LogP contribution in [0.25, 0.3) is 0 Å². The van der Waals surface area contributed by atoms with Crippen molar-refractivity contribution < 1.29 is 113 Å². The summed E-state index contributed by atoms with van der Waals surface area (Å²) in [6, 6.07) is 4.05. The number of rotatable bonds is 9. The van der Waals surface area contributed by atoms with Crippen LogP contribution < -0.4 is 0 Å². The van der Waals surface area contributed by atoms with Crippen molar-refractivity contribution in [1.82, 2.24) is 9.80 Å². The number of carbonyl (C=O) groups excluding carboxylic acids is 1. The molecule has 1 heterocycles. The van der Waals surface area contributed by atoms with Crippen LogP contribution in [-0.4, -0.2) is 77.0 Å². The van der Waals surface area contributed by atoms with Crippen LogP contribution in [0.1, 0.15) is 18.4 Å². The van der Waals surface area contributed by atoms with E-state index in [0.29, 0.717) is 18.5 Å². The van der Waals surface area contributed by atoms with E-state index in [2.05, 4.69) is 9.80 Å². The molecule has 148 valence electrons. The van der Waals surface area contributed by atoms with Gasteiger partial charge < -0.3 is 20.2 Å². The van der Waals surface area contributed by atoms with Gasteiger partial charge in [-0.05, 0) is 30.7 Å². The van der Waals surface area contributed by atoms with E-state index in [1.165, 1.54) is 18.2 Å². The summed E-state index contributed by atoms with van der Waals surface area (Å²) in [6.07, 6.45) is 0.956. The molecule has 0 amide bonds. The molecule has 1 aliphatic rings. The van der Waals surface area contributed by atoms with Gasteiger partial charge in [-0.2, -0.15) is 4.89 Å². The van der Waals surface area contributed by atoms with Gasteiger partial charge in [0.05, 0.1) is 13.0 Å². The summed E-state index contributed by atoms with van der Waals surface area (Å²) >= 11 is 0. The van der Waals surface area contributed by atoms with Gasteiger partial charge >= 0.3 is 5.97 Å². The third-order valence-electron chi connectivity index (χ3n) is 4.08. The van der Waals surface area contributed by atoms with Crippen LogP contribution in [0.2, 0.25) is 0 Å². The number of phenolic OH excluding ortho intramolecular Hbond substituents is 2. The molecule has 1 aromatic rings. The standard InChI is InChI=1S/C17H26N2O6.2Ce/c20-9-8-19-6-4-18(5-7-19)3-1-2-17(23)25-24-13-14-10-15(21)12-16(22)11-14;;/h10-12,20-22H,1-9,13H2;;. The van der Waals surface area contributed by atoms with Crippen LogP contribution in [0.3, 0.4) is 0 Å². The molecular weight excluding hydrogens is 608 g/mol. The molecular formula is C17H26Ce2N2O6. The van der Waals surface area contributed by atoms with Gasteiger partial charge in [0.2, 0.25) is 0 Å². The van der Waals surface area contributed by atoms with Gasteiger partial charge in [-0.15, -0.1) is 0 Å². The molecule has 0 aromatic heterocycles. The molecule has 1 saturated heterocycles. The Morgan fingerprint density at radius 3 is 2.07 bits per heavy atom. The van der Waals surface area contributed by atoms with E-state index >= 15 is 0 Å². The monoisotopic (exact) mass is 634 g/mol. The first kappa shape index (κ1) is 27.9. The Morgan fingerprint density at radius 2 is 1.52 bits per heavy atom. The summed E-state index contributed by atoms with van der Waals surface area (Å²) in [4.78, 5) is 25.7. The predicted molar refractivity (Wildman–Crippen MR) is 89.9 cm³/mol. The molecule has 10 heteroatoms. The number of hydrogen-bond acceptors (Lipinski definition) is 8. The Hall–Kier alpha value is 0.883. The van der Waals surface area contributed by atoms with Crippen molar-refractivity contribution in [2.75, 3.05) is 45.9 Å². The average Bonchev–Trinajstić information content (AvgIpc) is 2.56. The van der Waals surface area contributed by atoms with Crippen molar-refractivity contribution in [2.45, 2.75) is 19.4 Å². The normalized spacial score (nSPS) is 14.9. The predicted octanol–water partition coefficient (Wildman–Crippen LogP) is 0.463. The van der Waals surface area contributed by atoms with E-state index in [4.69, 9.17) is 14.9 Å². The maximum atomic E-state index is 11.6. The maximum Gasteiger partial charge on any atom is 0.342 e. The zero-order chi connectivity index (χ0) is 18.1. The Morgan fingerprint density at radius 1 is 0.963 bits per heavy atom. The topological polar surface area (TPSA) is 103 Å². The van der Waals surface area contributed by atoms with Crippen molar-refractivity contribution in [1.29, 1.82) is 0 Å². The first-order chi connectivity index (χ1) is 12.1. The molecule has 0 atom stereocenters. The second kappa shape index (κ2) is 15.7. The van der Waals surface area contributed by atoms with E-state index in [9.17, 15) is 15.0 Å². The zero-order valence-corrected chi connectivity index (χ0v) is 21.5. The van der Waals surface area contributed by atoms with Gasteiger partial charge in [-0.25, -0.2) is 4.79 Å². The number of carbonyl (C=O) groups is 1. The first-order valence-electron chi connectivity index (χ1n) is 8.46. The van der Waals surface area contributed by atoms with Crippen molar-refractivity contribution in [3.8, 4) is 11.5 Å². The van der Waals surface area contributed by atoms with Crippen LogP contribution in [-0.2, 0) is 21.2 Å². The van der Waals surface area contributed by atoms with Crippen LogP contribution in [0.5, 0.6) is 11.5 Å². The molecule has 27 heavy (non-hydrogen) atoms. The molecule has 1 aliphatic heterocycles. The van der Waals surface area contributed by atoms with E-state index < -0.39 is 5.97 Å². The number of aromatic hydroxyl groups is 2. The zero-order valence-electron chi connectivity index (χ0n) is 15.3. The van der Waals surface area contributed by atoms with Gasteiger partial charge in [0.15, 0.2) is 0 Å². The Bertz CT molecular complexity index is 536. The largest absolute Gasteiger partial charge is 0.508 e. The SMILES string of the molecule is O=C(CCCN1CCN(CCO)CC1)OOCc1cc(O)cc(O)c1.[Ce].[Ce]. The first-order valence-corrected chi connectivity index (χ1v) is 8.46. The summed E-state index contributed by atoms with van der Waals surface area (Å²) in [5.74, 6) is -0.601. The van der Waals surface area contributed by atoms with Crippen LogP contribution in [0, 0.1) is 83.5 Å². The minimum absolute atomic E-state index is 0. The molecule has 0 radical (unpaired) electrons. The fourth-order valence-corrected chi connectivity index (χ4v) is 2.77. The fraction of sp³-hybridized carbons (Fsp3) is 0.588. The van der Waals surface area contributed by atoms with Crippen LogP contribution in [0.15, 0.2) is 18.2 Å². The Labute approximate surface area is 226 Å². The molecule has 1 aromatic carbocycles. The van der Waals surface area contributed by atoms with Gasteiger partial charge in [-0.1, -0.05) is 0 Å². The molecule has 0 saturated carbocycles. The second-order valence-corrected chi connectivity index (χ2v) is 6.09. The van der Waals surface area contributed by atoms with Crippen molar-refractivity contribution in [3.63, 3.8) is 0 Å². The molecule has 0 aliphatic carbocycles. The summed E-state index contributed by atoms with van der Waals surface area (Å²) in [6.45, 7) is 5.43. The minimum Gasteiger partial charge on any atom is -0.508 e. The fourth-order valence-electron chi connectivity index (χ4n) is 2.77. The quantitative estimate of drug-likeness (QED) is 0.266. The number of piperazine rings is 1. The van der Waals surface area contributed by atoms with Crippen molar-refractivity contribution in [3.05, 3.63) is 23.8 Å².